The van der Waals surface area contributed by atoms with E-state index in [0.29, 0.717) is 11.4 Å². The van der Waals surface area contributed by atoms with Gasteiger partial charge >= 0.3 is 10.2 Å². The molecule has 1 heterocycles. The van der Waals surface area contributed by atoms with E-state index in [-0.39, 0.29) is 18.0 Å². The standard InChI is InChI=1S/C12H13F2N3O2S/c13-5-7-17-6-4-12(16-17)15-9-10-2-1-3-11(8-10)20(14,18)19/h1-4,6,8H,5,7,9H2,(H,15,16). The van der Waals surface area contributed by atoms with Gasteiger partial charge in [0.1, 0.15) is 12.5 Å². The summed E-state index contributed by atoms with van der Waals surface area (Å²) in [4.78, 5) is -0.375. The summed E-state index contributed by atoms with van der Waals surface area (Å²) in [5.74, 6) is 0.534. The van der Waals surface area contributed by atoms with Gasteiger partial charge in [0.25, 0.3) is 0 Å². The molecule has 0 saturated heterocycles. The summed E-state index contributed by atoms with van der Waals surface area (Å²) in [5, 5.41) is 7.01. The van der Waals surface area contributed by atoms with Crippen molar-refractivity contribution in [3.05, 3.63) is 42.1 Å². The Labute approximate surface area is 115 Å². The van der Waals surface area contributed by atoms with Crippen LogP contribution in [0.15, 0.2) is 41.4 Å². The Morgan fingerprint density at radius 3 is 2.80 bits per heavy atom. The molecule has 0 spiro atoms. The molecule has 0 radical (unpaired) electrons. The number of nitrogens with zero attached hydrogens (tertiary/aromatic N) is 2. The van der Waals surface area contributed by atoms with E-state index < -0.39 is 16.9 Å². The maximum Gasteiger partial charge on any atom is 0.332 e. The first-order chi connectivity index (χ1) is 9.49. The molecule has 0 amide bonds. The van der Waals surface area contributed by atoms with Crippen LogP contribution in [0.1, 0.15) is 5.56 Å². The number of nitrogens with one attached hydrogen (secondary N) is 1. The predicted octanol–water partition coefficient (Wildman–Crippen LogP) is 2.12. The third-order valence-electron chi connectivity index (χ3n) is 2.61. The lowest BCUT2D eigenvalue weighted by atomic mass is 10.2. The van der Waals surface area contributed by atoms with Crippen LogP contribution in [0.5, 0.6) is 0 Å². The summed E-state index contributed by atoms with van der Waals surface area (Å²) in [7, 11) is -4.70. The Morgan fingerprint density at radius 2 is 2.10 bits per heavy atom. The summed E-state index contributed by atoms with van der Waals surface area (Å²) in [6, 6.07) is 7.24. The highest BCUT2D eigenvalue weighted by molar-refractivity contribution is 7.86. The van der Waals surface area contributed by atoms with Crippen LogP contribution in [0.4, 0.5) is 14.1 Å². The van der Waals surface area contributed by atoms with Gasteiger partial charge < -0.3 is 5.32 Å². The highest BCUT2D eigenvalue weighted by Gasteiger charge is 2.11. The van der Waals surface area contributed by atoms with Crippen molar-refractivity contribution in [2.75, 3.05) is 12.0 Å². The first-order valence-electron chi connectivity index (χ1n) is 5.86. The normalized spacial score (nSPS) is 11.5. The van der Waals surface area contributed by atoms with E-state index in [2.05, 4.69) is 10.4 Å². The van der Waals surface area contributed by atoms with Crippen molar-refractivity contribution in [1.29, 1.82) is 0 Å². The van der Waals surface area contributed by atoms with Crippen LogP contribution in [-0.4, -0.2) is 24.9 Å². The lowest BCUT2D eigenvalue weighted by molar-refractivity contribution is 0.427. The Balaban J connectivity index is 2.03. The van der Waals surface area contributed by atoms with E-state index in [1.807, 2.05) is 0 Å². The van der Waals surface area contributed by atoms with Gasteiger partial charge in [0.05, 0.1) is 11.4 Å². The van der Waals surface area contributed by atoms with E-state index in [1.165, 1.54) is 22.9 Å². The SMILES string of the molecule is O=S(=O)(F)c1cccc(CNc2ccn(CCF)n2)c1. The van der Waals surface area contributed by atoms with Gasteiger partial charge in [-0.05, 0) is 17.7 Å². The zero-order valence-electron chi connectivity index (χ0n) is 10.5. The molecular weight excluding hydrogens is 288 g/mol. The van der Waals surface area contributed by atoms with Crippen LogP contribution < -0.4 is 5.32 Å². The summed E-state index contributed by atoms with van der Waals surface area (Å²) >= 11 is 0. The fourth-order valence-corrected chi connectivity index (χ4v) is 2.20. The third-order valence-corrected chi connectivity index (χ3v) is 3.42. The zero-order chi connectivity index (χ0) is 14.6. The number of aromatic nitrogens is 2. The maximum atomic E-state index is 12.9. The molecule has 0 bridgehead atoms. The number of alkyl halides is 1. The highest BCUT2D eigenvalue weighted by atomic mass is 32.3. The molecule has 20 heavy (non-hydrogen) atoms. The van der Waals surface area contributed by atoms with Gasteiger partial charge in [-0.15, -0.1) is 3.89 Å². The second kappa shape index (κ2) is 6.00. The summed E-state index contributed by atoms with van der Waals surface area (Å²) in [5.41, 5.74) is 0.601. The van der Waals surface area contributed by atoms with Gasteiger partial charge in [-0.2, -0.15) is 13.5 Å². The minimum Gasteiger partial charge on any atom is -0.365 e. The number of benzene rings is 1. The molecule has 108 valence electrons. The Bertz CT molecular complexity index is 686. The number of anilines is 1. The van der Waals surface area contributed by atoms with E-state index >= 15 is 0 Å². The number of hydrogen-bond acceptors (Lipinski definition) is 4. The quantitative estimate of drug-likeness (QED) is 0.830. The molecule has 0 aliphatic heterocycles. The first kappa shape index (κ1) is 14.4. The molecule has 2 aromatic rings. The molecule has 0 aliphatic rings. The molecule has 5 nitrogen and oxygen atoms in total. The van der Waals surface area contributed by atoms with Crippen LogP contribution in [0.2, 0.25) is 0 Å². The fraction of sp³-hybridized carbons (Fsp3) is 0.250. The van der Waals surface area contributed by atoms with Crippen molar-refractivity contribution in [2.24, 2.45) is 0 Å². The molecule has 2 rings (SSSR count). The van der Waals surface area contributed by atoms with Crippen molar-refractivity contribution in [1.82, 2.24) is 9.78 Å². The summed E-state index contributed by atoms with van der Waals surface area (Å²) in [6.07, 6.45) is 1.63. The predicted molar refractivity (Wildman–Crippen MR) is 70.3 cm³/mol. The van der Waals surface area contributed by atoms with Crippen molar-refractivity contribution in [3.8, 4) is 0 Å². The third kappa shape index (κ3) is 3.77. The van der Waals surface area contributed by atoms with Gasteiger partial charge in [0, 0.05) is 18.8 Å². The Morgan fingerprint density at radius 1 is 1.30 bits per heavy atom. The van der Waals surface area contributed by atoms with Crippen molar-refractivity contribution in [3.63, 3.8) is 0 Å². The van der Waals surface area contributed by atoms with Gasteiger partial charge in [-0.3, -0.25) is 4.68 Å². The molecule has 0 saturated carbocycles. The van der Waals surface area contributed by atoms with Crippen LogP contribution in [0.3, 0.4) is 0 Å². The van der Waals surface area contributed by atoms with Crippen molar-refractivity contribution < 1.29 is 16.7 Å². The van der Waals surface area contributed by atoms with E-state index in [4.69, 9.17) is 0 Å². The molecular formula is C12H13F2N3O2S. The molecule has 0 atom stereocenters. The van der Waals surface area contributed by atoms with Gasteiger partial charge in [-0.1, -0.05) is 12.1 Å². The Hall–Kier alpha value is -1.96. The highest BCUT2D eigenvalue weighted by Crippen LogP contribution is 2.15. The van der Waals surface area contributed by atoms with Crippen LogP contribution in [-0.2, 0) is 23.3 Å². The summed E-state index contributed by atoms with van der Waals surface area (Å²) < 4.78 is 48.0. The van der Waals surface area contributed by atoms with Crippen molar-refractivity contribution in [2.45, 2.75) is 18.0 Å². The molecule has 0 fully saturated rings. The monoisotopic (exact) mass is 301 g/mol. The first-order valence-corrected chi connectivity index (χ1v) is 7.24. The smallest absolute Gasteiger partial charge is 0.332 e. The molecule has 1 aromatic carbocycles. The summed E-state index contributed by atoms with van der Waals surface area (Å²) in [6.45, 7) is -0.0369. The molecule has 0 aliphatic carbocycles. The average Bonchev–Trinajstić information content (AvgIpc) is 2.84. The van der Waals surface area contributed by atoms with E-state index in [9.17, 15) is 16.7 Å². The van der Waals surface area contributed by atoms with E-state index in [0.717, 1.165) is 0 Å². The minimum atomic E-state index is -4.70. The second-order valence-corrected chi connectivity index (χ2v) is 5.44. The molecule has 1 aromatic heterocycles. The molecule has 1 N–H and O–H groups in total. The van der Waals surface area contributed by atoms with Crippen LogP contribution in [0, 0.1) is 0 Å². The largest absolute Gasteiger partial charge is 0.365 e. The van der Waals surface area contributed by atoms with Crippen LogP contribution in [0.25, 0.3) is 0 Å². The maximum absolute atomic E-state index is 12.9. The fourth-order valence-electron chi connectivity index (χ4n) is 1.67. The zero-order valence-corrected chi connectivity index (χ0v) is 11.3. The molecule has 0 unspecified atom stereocenters. The number of hydrogen-bond donors (Lipinski definition) is 1. The lowest BCUT2D eigenvalue weighted by Gasteiger charge is -2.04. The van der Waals surface area contributed by atoms with Crippen LogP contribution >= 0.6 is 0 Å². The second-order valence-electron chi connectivity index (χ2n) is 4.09. The number of rotatable bonds is 6. The average molecular weight is 301 g/mol. The number of aryl methyl sites for hydroxylation is 1. The van der Waals surface area contributed by atoms with Crippen molar-refractivity contribution >= 4 is 16.0 Å². The lowest BCUT2D eigenvalue weighted by Crippen LogP contribution is -2.04. The number of halogens is 2. The molecule has 8 heteroatoms. The minimum absolute atomic E-state index is 0.178. The topological polar surface area (TPSA) is 64.0 Å². The van der Waals surface area contributed by atoms with Gasteiger partial charge in [0.15, 0.2) is 0 Å². The van der Waals surface area contributed by atoms with Gasteiger partial charge in [0.2, 0.25) is 0 Å². The Kier molecular flexibility index (Phi) is 4.33. The van der Waals surface area contributed by atoms with E-state index in [1.54, 1.807) is 18.3 Å². The van der Waals surface area contributed by atoms with Gasteiger partial charge in [-0.25, -0.2) is 4.39 Å².